The molecule has 0 unspecified atom stereocenters. The minimum absolute atomic E-state index is 0. The first kappa shape index (κ1) is 9.72. The van der Waals surface area contributed by atoms with Crippen LogP contribution in [0.5, 0.6) is 0 Å². The van der Waals surface area contributed by atoms with Crippen molar-refractivity contribution in [2.24, 2.45) is 5.73 Å². The number of nitrogens with two attached hydrogens (primary N) is 1. The molecule has 1 heterocycles. The van der Waals surface area contributed by atoms with Crippen LogP contribution in [0.2, 0.25) is 0 Å². The molecule has 60 valence electrons. The highest BCUT2D eigenvalue weighted by Crippen LogP contribution is 2.06. The largest absolute Gasteiger partial charge is 0.346 e. The highest BCUT2D eigenvalue weighted by Gasteiger charge is 2.19. The van der Waals surface area contributed by atoms with E-state index in [9.17, 15) is 4.79 Å². The lowest BCUT2D eigenvalue weighted by Crippen LogP contribution is -2.41. The molecule has 1 aliphatic heterocycles. The number of carbonyl (C=O) groups excluding carboxylic acids is 1. The molecule has 3 nitrogen and oxygen atoms in total. The highest BCUT2D eigenvalue weighted by atomic mass is 35.5. The van der Waals surface area contributed by atoms with Gasteiger partial charge >= 0.3 is 0 Å². The van der Waals surface area contributed by atoms with Gasteiger partial charge in [-0.25, -0.2) is 0 Å². The van der Waals surface area contributed by atoms with E-state index in [1.54, 1.807) is 4.90 Å². The fourth-order valence-electron chi connectivity index (χ4n) is 0.966. The number of amides is 1. The maximum absolute atomic E-state index is 10.9. The summed E-state index contributed by atoms with van der Waals surface area (Å²) in [6, 6.07) is 0.105. The van der Waals surface area contributed by atoms with Gasteiger partial charge in [-0.2, -0.15) is 0 Å². The van der Waals surface area contributed by atoms with E-state index in [2.05, 4.69) is 0 Å². The van der Waals surface area contributed by atoms with Crippen molar-refractivity contribution in [3.8, 4) is 0 Å². The van der Waals surface area contributed by atoms with Gasteiger partial charge in [0.2, 0.25) is 5.91 Å². The molecular weight excluding hydrogens is 152 g/mol. The molecule has 0 bridgehead atoms. The fourth-order valence-corrected chi connectivity index (χ4v) is 0.966. The second-order valence-electron chi connectivity index (χ2n) is 2.57. The molecule has 0 spiro atoms. The molecule has 1 saturated heterocycles. The molecular formula is C6H13ClN2O. The van der Waals surface area contributed by atoms with Crippen LogP contribution in [0.15, 0.2) is 0 Å². The molecule has 1 atom stereocenters. The summed E-state index contributed by atoms with van der Waals surface area (Å²) in [4.78, 5) is 12.6. The van der Waals surface area contributed by atoms with Gasteiger partial charge in [0.1, 0.15) is 0 Å². The first-order valence-corrected chi connectivity index (χ1v) is 3.19. The van der Waals surface area contributed by atoms with Crippen molar-refractivity contribution in [2.45, 2.75) is 18.9 Å². The van der Waals surface area contributed by atoms with E-state index in [1.165, 1.54) is 0 Å². The summed E-state index contributed by atoms with van der Waals surface area (Å²) in [7, 11) is 1.81. The smallest absolute Gasteiger partial charge is 0.223 e. The molecule has 0 aliphatic carbocycles. The molecule has 10 heavy (non-hydrogen) atoms. The zero-order valence-corrected chi connectivity index (χ0v) is 6.86. The molecule has 0 aromatic carbocycles. The summed E-state index contributed by atoms with van der Waals surface area (Å²) in [5.41, 5.74) is 5.54. The topological polar surface area (TPSA) is 46.3 Å². The lowest BCUT2D eigenvalue weighted by Gasteiger charge is -2.25. The Labute approximate surface area is 67.0 Å². The summed E-state index contributed by atoms with van der Waals surface area (Å²) in [5.74, 6) is 0.175. The van der Waals surface area contributed by atoms with Crippen LogP contribution in [0.3, 0.4) is 0 Å². The van der Waals surface area contributed by atoms with Gasteiger partial charge in [-0.05, 0) is 6.42 Å². The van der Waals surface area contributed by atoms with Crippen LogP contribution in [0.4, 0.5) is 0 Å². The van der Waals surface area contributed by atoms with E-state index in [4.69, 9.17) is 5.73 Å². The third kappa shape index (κ3) is 2.15. The molecule has 1 amide bonds. The van der Waals surface area contributed by atoms with Crippen molar-refractivity contribution in [2.75, 3.05) is 13.6 Å². The predicted octanol–water partition coefficient (Wildman–Crippen LogP) is -0.0123. The number of hydrogen-bond acceptors (Lipinski definition) is 2. The number of likely N-dealkylation sites (tertiary alicyclic amines) is 1. The molecule has 0 radical (unpaired) electrons. The maximum atomic E-state index is 10.9. The number of halogens is 1. The Morgan fingerprint density at radius 1 is 1.70 bits per heavy atom. The van der Waals surface area contributed by atoms with Crippen molar-refractivity contribution >= 4 is 18.3 Å². The second-order valence-corrected chi connectivity index (χ2v) is 2.57. The number of nitrogens with zero attached hydrogens (tertiary/aromatic N) is 1. The molecule has 0 aromatic rings. The van der Waals surface area contributed by atoms with Crippen LogP contribution >= 0.6 is 12.4 Å². The van der Waals surface area contributed by atoms with E-state index >= 15 is 0 Å². The minimum Gasteiger partial charge on any atom is -0.346 e. The predicted molar refractivity (Wildman–Crippen MR) is 42.1 cm³/mol. The Kier molecular flexibility index (Phi) is 3.68. The van der Waals surface area contributed by atoms with Gasteiger partial charge in [0, 0.05) is 26.1 Å². The average molecular weight is 165 g/mol. The van der Waals surface area contributed by atoms with E-state index in [-0.39, 0.29) is 24.4 Å². The zero-order chi connectivity index (χ0) is 6.85. The molecule has 1 fully saturated rings. The zero-order valence-electron chi connectivity index (χ0n) is 6.04. The number of hydrogen-bond donors (Lipinski definition) is 1. The number of piperidine rings is 1. The standard InChI is InChI=1S/C6H12N2O.ClH/c1-8-3-2-5(7)4-6(8)9;/h5H,2-4,7H2,1H3;1H/t5-;/m0./s1. The van der Waals surface area contributed by atoms with Gasteiger partial charge in [0.15, 0.2) is 0 Å². The third-order valence-electron chi connectivity index (χ3n) is 1.70. The van der Waals surface area contributed by atoms with Crippen molar-refractivity contribution in [1.29, 1.82) is 0 Å². The Balaban J connectivity index is 0.000000810. The normalized spacial score (nSPS) is 26.0. The fraction of sp³-hybridized carbons (Fsp3) is 0.833. The molecule has 1 rings (SSSR count). The van der Waals surface area contributed by atoms with Crippen LogP contribution in [0, 0.1) is 0 Å². The van der Waals surface area contributed by atoms with Crippen LogP contribution < -0.4 is 5.73 Å². The van der Waals surface area contributed by atoms with Gasteiger partial charge in [-0.1, -0.05) is 0 Å². The highest BCUT2D eigenvalue weighted by molar-refractivity contribution is 5.85. The SMILES string of the molecule is CN1CC[C@H](N)CC1=O.Cl. The van der Waals surface area contributed by atoms with Crippen LogP contribution in [0.25, 0.3) is 0 Å². The van der Waals surface area contributed by atoms with Crippen molar-refractivity contribution in [3.05, 3.63) is 0 Å². The van der Waals surface area contributed by atoms with E-state index < -0.39 is 0 Å². The summed E-state index contributed by atoms with van der Waals surface area (Å²) >= 11 is 0. The lowest BCUT2D eigenvalue weighted by atomic mass is 10.1. The van der Waals surface area contributed by atoms with Gasteiger partial charge in [0.25, 0.3) is 0 Å². The van der Waals surface area contributed by atoms with Gasteiger partial charge in [-0.3, -0.25) is 4.79 Å². The summed E-state index contributed by atoms with van der Waals surface area (Å²) in [5, 5.41) is 0. The Morgan fingerprint density at radius 3 is 2.70 bits per heavy atom. The van der Waals surface area contributed by atoms with Crippen LogP contribution in [0.1, 0.15) is 12.8 Å². The van der Waals surface area contributed by atoms with Gasteiger partial charge < -0.3 is 10.6 Å². The summed E-state index contributed by atoms with van der Waals surface area (Å²) in [6.45, 7) is 0.819. The van der Waals surface area contributed by atoms with Gasteiger partial charge in [0.05, 0.1) is 0 Å². The van der Waals surface area contributed by atoms with Crippen molar-refractivity contribution in [3.63, 3.8) is 0 Å². The minimum atomic E-state index is 0. The van der Waals surface area contributed by atoms with E-state index in [1.807, 2.05) is 7.05 Å². The Morgan fingerprint density at radius 2 is 2.30 bits per heavy atom. The maximum Gasteiger partial charge on any atom is 0.223 e. The van der Waals surface area contributed by atoms with Crippen molar-refractivity contribution < 1.29 is 4.79 Å². The van der Waals surface area contributed by atoms with Gasteiger partial charge in [-0.15, -0.1) is 12.4 Å². The molecule has 1 aliphatic rings. The molecule has 2 N–H and O–H groups in total. The van der Waals surface area contributed by atoms with Crippen LogP contribution in [-0.2, 0) is 4.79 Å². The van der Waals surface area contributed by atoms with Crippen molar-refractivity contribution in [1.82, 2.24) is 4.90 Å². The third-order valence-corrected chi connectivity index (χ3v) is 1.70. The van der Waals surface area contributed by atoms with E-state index in [0.717, 1.165) is 13.0 Å². The van der Waals surface area contributed by atoms with Crippen LogP contribution in [-0.4, -0.2) is 30.4 Å². The number of carbonyl (C=O) groups is 1. The second kappa shape index (κ2) is 3.78. The molecule has 4 heteroatoms. The average Bonchev–Trinajstić information content (AvgIpc) is 1.80. The lowest BCUT2D eigenvalue weighted by molar-refractivity contribution is -0.132. The monoisotopic (exact) mass is 164 g/mol. The quantitative estimate of drug-likeness (QED) is 0.548. The first-order valence-electron chi connectivity index (χ1n) is 3.19. The molecule has 0 saturated carbocycles. The Bertz CT molecular complexity index is 129. The Hall–Kier alpha value is -0.280. The first-order chi connectivity index (χ1) is 4.20. The summed E-state index contributed by atoms with van der Waals surface area (Å²) in [6.07, 6.45) is 1.47. The number of rotatable bonds is 0. The molecule has 0 aromatic heterocycles. The summed E-state index contributed by atoms with van der Waals surface area (Å²) < 4.78 is 0. The van der Waals surface area contributed by atoms with E-state index in [0.29, 0.717) is 6.42 Å².